The Morgan fingerprint density at radius 1 is 1.47 bits per heavy atom. The van der Waals surface area contributed by atoms with Crippen molar-refractivity contribution >= 4 is 17.5 Å². The largest absolute Gasteiger partial charge is 0.497 e. The first-order valence-electron chi connectivity index (χ1n) is 5.95. The maximum Gasteiger partial charge on any atom is 0.251 e. The number of nitrogens with one attached hydrogen (secondary N) is 2. The van der Waals surface area contributed by atoms with Crippen molar-refractivity contribution < 1.29 is 14.3 Å². The molecular formula is C13H15N3O3. The van der Waals surface area contributed by atoms with E-state index in [1.54, 1.807) is 31.4 Å². The molecule has 0 unspecified atom stereocenters. The molecule has 0 fully saturated rings. The van der Waals surface area contributed by atoms with Crippen molar-refractivity contribution in [2.45, 2.75) is 12.8 Å². The summed E-state index contributed by atoms with van der Waals surface area (Å²) in [6.07, 6.45) is 0.984. The van der Waals surface area contributed by atoms with Gasteiger partial charge >= 0.3 is 0 Å². The number of benzene rings is 1. The van der Waals surface area contributed by atoms with E-state index < -0.39 is 0 Å². The van der Waals surface area contributed by atoms with Gasteiger partial charge in [-0.05, 0) is 24.6 Å². The number of nitrogens with zero attached hydrogens (tertiary/aromatic N) is 1. The number of carbonyl (C=O) groups excluding carboxylic acids is 2. The molecule has 1 aliphatic heterocycles. The zero-order chi connectivity index (χ0) is 13.7. The average Bonchev–Trinajstić information content (AvgIpc) is 2.46. The van der Waals surface area contributed by atoms with Crippen LogP contribution in [0.3, 0.4) is 0 Å². The second-order valence-corrected chi connectivity index (χ2v) is 4.13. The van der Waals surface area contributed by atoms with E-state index in [-0.39, 0.29) is 11.8 Å². The molecule has 2 amide bonds. The van der Waals surface area contributed by atoms with E-state index in [2.05, 4.69) is 15.8 Å². The summed E-state index contributed by atoms with van der Waals surface area (Å²) in [5.41, 5.74) is 3.68. The second kappa shape index (κ2) is 5.99. The van der Waals surface area contributed by atoms with Crippen molar-refractivity contribution in [2.75, 3.05) is 13.7 Å². The van der Waals surface area contributed by atoms with Crippen LogP contribution in [0.15, 0.2) is 29.4 Å². The molecule has 0 spiro atoms. The Labute approximate surface area is 110 Å². The monoisotopic (exact) mass is 261 g/mol. The average molecular weight is 261 g/mol. The number of ether oxygens (including phenoxy) is 1. The summed E-state index contributed by atoms with van der Waals surface area (Å²) in [5, 5.41) is 6.65. The summed E-state index contributed by atoms with van der Waals surface area (Å²) >= 11 is 0. The molecule has 1 heterocycles. The standard InChI is InChI=1S/C13H15N3O3/c1-19-11-4-2-3-9(7-11)13(18)14-8-10-5-6-12(17)16-15-10/h2-4,7H,5-6,8H2,1H3,(H,14,18)(H,16,17). The minimum Gasteiger partial charge on any atom is -0.497 e. The molecule has 0 saturated carbocycles. The Hall–Kier alpha value is -2.37. The number of hydrogen-bond acceptors (Lipinski definition) is 4. The van der Waals surface area contributed by atoms with Gasteiger partial charge in [-0.2, -0.15) is 5.10 Å². The predicted octanol–water partition coefficient (Wildman–Crippen LogP) is 0.691. The highest BCUT2D eigenvalue weighted by Gasteiger charge is 2.13. The van der Waals surface area contributed by atoms with Gasteiger partial charge in [0.1, 0.15) is 5.75 Å². The van der Waals surface area contributed by atoms with E-state index in [0.29, 0.717) is 30.7 Å². The lowest BCUT2D eigenvalue weighted by Gasteiger charge is -2.12. The van der Waals surface area contributed by atoms with E-state index in [1.165, 1.54) is 0 Å². The molecule has 0 atom stereocenters. The fourth-order valence-corrected chi connectivity index (χ4v) is 1.69. The van der Waals surface area contributed by atoms with Crippen LogP contribution in [-0.2, 0) is 4.79 Å². The first kappa shape index (κ1) is 13.1. The zero-order valence-corrected chi connectivity index (χ0v) is 10.6. The van der Waals surface area contributed by atoms with Gasteiger partial charge in [0.15, 0.2) is 0 Å². The van der Waals surface area contributed by atoms with Crippen molar-refractivity contribution in [3.63, 3.8) is 0 Å². The van der Waals surface area contributed by atoms with Gasteiger partial charge in [0.25, 0.3) is 5.91 Å². The van der Waals surface area contributed by atoms with Gasteiger partial charge in [0.05, 0.1) is 19.4 Å². The van der Waals surface area contributed by atoms with Crippen molar-refractivity contribution in [3.05, 3.63) is 29.8 Å². The minimum atomic E-state index is -0.196. The van der Waals surface area contributed by atoms with Gasteiger partial charge in [-0.25, -0.2) is 5.43 Å². The molecular weight excluding hydrogens is 246 g/mol. The highest BCUT2D eigenvalue weighted by molar-refractivity contribution is 5.99. The van der Waals surface area contributed by atoms with E-state index in [1.807, 2.05) is 0 Å². The van der Waals surface area contributed by atoms with Crippen LogP contribution in [0.25, 0.3) is 0 Å². The van der Waals surface area contributed by atoms with Crippen LogP contribution in [0, 0.1) is 0 Å². The van der Waals surface area contributed by atoms with Crippen molar-refractivity contribution in [1.82, 2.24) is 10.7 Å². The van der Waals surface area contributed by atoms with Gasteiger partial charge in [-0.15, -0.1) is 0 Å². The Kier molecular flexibility index (Phi) is 4.12. The summed E-state index contributed by atoms with van der Waals surface area (Å²) in [6.45, 7) is 0.330. The molecule has 6 heteroatoms. The molecule has 0 saturated heterocycles. The molecule has 0 aliphatic carbocycles. The Bertz CT molecular complexity index is 526. The van der Waals surface area contributed by atoms with Crippen molar-refractivity contribution in [2.24, 2.45) is 5.10 Å². The van der Waals surface area contributed by atoms with Crippen molar-refractivity contribution in [1.29, 1.82) is 0 Å². The van der Waals surface area contributed by atoms with Crippen LogP contribution in [0.5, 0.6) is 5.75 Å². The van der Waals surface area contributed by atoms with Crippen LogP contribution in [0.2, 0.25) is 0 Å². The zero-order valence-electron chi connectivity index (χ0n) is 10.6. The van der Waals surface area contributed by atoms with E-state index in [0.717, 1.165) is 5.71 Å². The van der Waals surface area contributed by atoms with Crippen LogP contribution < -0.4 is 15.5 Å². The Morgan fingerprint density at radius 2 is 2.32 bits per heavy atom. The van der Waals surface area contributed by atoms with E-state index in [4.69, 9.17) is 4.74 Å². The number of hydrogen-bond donors (Lipinski definition) is 2. The van der Waals surface area contributed by atoms with E-state index >= 15 is 0 Å². The first-order valence-corrected chi connectivity index (χ1v) is 5.95. The third-order valence-corrected chi connectivity index (χ3v) is 2.76. The molecule has 1 aromatic rings. The fourth-order valence-electron chi connectivity index (χ4n) is 1.69. The summed E-state index contributed by atoms with van der Waals surface area (Å²) < 4.78 is 5.06. The lowest BCUT2D eigenvalue weighted by molar-refractivity contribution is -0.121. The Balaban J connectivity index is 1.92. The maximum atomic E-state index is 11.9. The van der Waals surface area contributed by atoms with Crippen LogP contribution in [0.4, 0.5) is 0 Å². The number of methoxy groups -OCH3 is 1. The van der Waals surface area contributed by atoms with E-state index in [9.17, 15) is 9.59 Å². The third kappa shape index (κ3) is 3.54. The van der Waals surface area contributed by atoms with Crippen LogP contribution in [0.1, 0.15) is 23.2 Å². The highest BCUT2D eigenvalue weighted by Crippen LogP contribution is 2.12. The molecule has 1 aliphatic rings. The minimum absolute atomic E-state index is 0.0946. The first-order chi connectivity index (χ1) is 9.19. The predicted molar refractivity (Wildman–Crippen MR) is 70.1 cm³/mol. The normalized spacial score (nSPS) is 14.4. The molecule has 2 rings (SSSR count). The SMILES string of the molecule is COc1cccc(C(=O)NCC2=NNC(=O)CC2)c1. The smallest absolute Gasteiger partial charge is 0.251 e. The third-order valence-electron chi connectivity index (χ3n) is 2.76. The van der Waals surface area contributed by atoms with Gasteiger partial charge < -0.3 is 10.1 Å². The van der Waals surface area contributed by atoms with Crippen molar-refractivity contribution in [3.8, 4) is 5.75 Å². The molecule has 1 aromatic carbocycles. The molecule has 0 aromatic heterocycles. The van der Waals surface area contributed by atoms with Gasteiger partial charge in [-0.1, -0.05) is 6.07 Å². The fraction of sp³-hybridized carbons (Fsp3) is 0.308. The molecule has 0 bridgehead atoms. The number of hydrazone groups is 1. The van der Waals surface area contributed by atoms with Gasteiger partial charge in [-0.3, -0.25) is 9.59 Å². The number of amides is 2. The van der Waals surface area contributed by atoms with Crippen LogP contribution in [-0.4, -0.2) is 31.2 Å². The molecule has 19 heavy (non-hydrogen) atoms. The second-order valence-electron chi connectivity index (χ2n) is 4.13. The molecule has 0 radical (unpaired) electrons. The lowest BCUT2D eigenvalue weighted by atomic mass is 10.1. The van der Waals surface area contributed by atoms with Crippen LogP contribution >= 0.6 is 0 Å². The number of rotatable bonds is 4. The summed E-state index contributed by atoms with van der Waals surface area (Å²) in [4.78, 5) is 22.8. The highest BCUT2D eigenvalue weighted by atomic mass is 16.5. The van der Waals surface area contributed by atoms with Gasteiger partial charge in [0, 0.05) is 12.0 Å². The molecule has 100 valence electrons. The quantitative estimate of drug-likeness (QED) is 0.837. The Morgan fingerprint density at radius 3 is 3.00 bits per heavy atom. The number of carbonyl (C=O) groups is 2. The lowest BCUT2D eigenvalue weighted by Crippen LogP contribution is -2.34. The topological polar surface area (TPSA) is 79.8 Å². The maximum absolute atomic E-state index is 11.9. The molecule has 2 N–H and O–H groups in total. The summed E-state index contributed by atoms with van der Waals surface area (Å²) in [7, 11) is 1.55. The van der Waals surface area contributed by atoms with Gasteiger partial charge in [0.2, 0.25) is 5.91 Å². The summed E-state index contributed by atoms with van der Waals surface area (Å²) in [6, 6.07) is 6.91. The summed E-state index contributed by atoms with van der Waals surface area (Å²) in [5.74, 6) is 0.344. The molecule has 6 nitrogen and oxygen atoms in total.